The predicted molar refractivity (Wildman–Crippen MR) is 106 cm³/mol. The summed E-state index contributed by atoms with van der Waals surface area (Å²) >= 11 is 5.99. The molecule has 1 aliphatic heterocycles. The monoisotopic (exact) mass is 361 g/mol. The molecule has 1 atom stereocenters. The summed E-state index contributed by atoms with van der Waals surface area (Å²) in [5.41, 5.74) is 0.647. The average Bonchev–Trinajstić information content (AvgIpc) is 3.01. The van der Waals surface area contributed by atoms with Crippen LogP contribution in [-0.2, 0) is 5.72 Å². The first-order valence-electron chi connectivity index (χ1n) is 8.20. The van der Waals surface area contributed by atoms with E-state index in [1.165, 1.54) is 0 Å². The molecular weight excluding hydrogens is 346 g/mol. The molecule has 26 heavy (non-hydrogen) atoms. The summed E-state index contributed by atoms with van der Waals surface area (Å²) in [7, 11) is 0. The molecule has 3 aromatic carbocycles. The molecule has 0 amide bonds. The van der Waals surface area contributed by atoms with Crippen LogP contribution in [0.3, 0.4) is 0 Å². The van der Waals surface area contributed by atoms with E-state index in [0.717, 1.165) is 11.3 Å². The lowest BCUT2D eigenvalue weighted by atomic mass is 10.0. The Balaban J connectivity index is 1.79. The lowest BCUT2D eigenvalue weighted by Gasteiger charge is -2.23. The van der Waals surface area contributed by atoms with E-state index in [2.05, 4.69) is 15.3 Å². The zero-order chi connectivity index (χ0) is 18.0. The Labute approximate surface area is 156 Å². The fraction of sp³-hybridized carbons (Fsp3) is 0.0476. The first-order chi connectivity index (χ1) is 12.6. The molecular formula is C21H16ClN3O. The molecule has 0 saturated heterocycles. The highest BCUT2D eigenvalue weighted by molar-refractivity contribution is 6.30. The van der Waals surface area contributed by atoms with Gasteiger partial charge in [-0.05, 0) is 24.3 Å². The van der Waals surface area contributed by atoms with Crippen molar-refractivity contribution in [2.75, 3.05) is 5.32 Å². The summed E-state index contributed by atoms with van der Waals surface area (Å²) in [4.78, 5) is 9.11. The van der Waals surface area contributed by atoms with Gasteiger partial charge in [-0.25, -0.2) is 9.98 Å². The second-order valence-corrected chi connectivity index (χ2v) is 6.37. The van der Waals surface area contributed by atoms with Crippen LogP contribution in [0.15, 0.2) is 94.9 Å². The van der Waals surface area contributed by atoms with E-state index in [9.17, 15) is 5.11 Å². The molecule has 128 valence electrons. The fourth-order valence-electron chi connectivity index (χ4n) is 2.79. The molecule has 0 bridgehead atoms. The van der Waals surface area contributed by atoms with Gasteiger partial charge in [0.15, 0.2) is 11.7 Å². The van der Waals surface area contributed by atoms with Crippen molar-refractivity contribution in [1.82, 2.24) is 0 Å². The highest BCUT2D eigenvalue weighted by Crippen LogP contribution is 2.32. The Kier molecular flexibility index (Phi) is 4.29. The topological polar surface area (TPSA) is 57.0 Å². The van der Waals surface area contributed by atoms with Crippen molar-refractivity contribution < 1.29 is 5.11 Å². The molecule has 3 aromatic rings. The van der Waals surface area contributed by atoms with E-state index in [-0.39, 0.29) is 0 Å². The Hall–Kier alpha value is -2.95. The van der Waals surface area contributed by atoms with Crippen LogP contribution in [0.5, 0.6) is 0 Å². The number of aliphatic hydroxyl groups is 1. The van der Waals surface area contributed by atoms with Crippen molar-refractivity contribution in [3.05, 3.63) is 101 Å². The number of hydrogen-bond donors (Lipinski definition) is 2. The molecule has 1 aliphatic rings. The molecule has 4 nitrogen and oxygen atoms in total. The quantitative estimate of drug-likeness (QED) is 0.723. The van der Waals surface area contributed by atoms with Gasteiger partial charge in [0.05, 0.1) is 0 Å². The van der Waals surface area contributed by atoms with E-state index in [4.69, 9.17) is 11.6 Å². The second-order valence-electron chi connectivity index (χ2n) is 5.93. The minimum atomic E-state index is -1.61. The standard InChI is InChI=1S/C21H16ClN3O/c22-17-13-11-16(12-14-17)21(26)20(23-18-9-5-2-6-10-18)24-19(25-21)15-7-3-1-4-8-15/h1-14,26H,(H,23,24,25). The summed E-state index contributed by atoms with van der Waals surface area (Å²) in [6, 6.07) is 26.1. The molecule has 0 aromatic heterocycles. The number of para-hydroxylation sites is 1. The van der Waals surface area contributed by atoms with Crippen molar-refractivity contribution in [3.63, 3.8) is 0 Å². The summed E-state index contributed by atoms with van der Waals surface area (Å²) in [6.45, 7) is 0. The van der Waals surface area contributed by atoms with Crippen molar-refractivity contribution in [2.24, 2.45) is 9.98 Å². The van der Waals surface area contributed by atoms with Gasteiger partial charge in [0.25, 0.3) is 0 Å². The van der Waals surface area contributed by atoms with E-state index in [1.807, 2.05) is 60.7 Å². The first kappa shape index (κ1) is 16.5. The van der Waals surface area contributed by atoms with Crippen LogP contribution < -0.4 is 5.32 Å². The van der Waals surface area contributed by atoms with Crippen molar-refractivity contribution in [1.29, 1.82) is 0 Å². The zero-order valence-electron chi connectivity index (χ0n) is 13.8. The third kappa shape index (κ3) is 3.12. The third-order valence-corrected chi connectivity index (χ3v) is 4.38. The van der Waals surface area contributed by atoms with Gasteiger partial charge in [0.2, 0.25) is 5.72 Å². The summed E-state index contributed by atoms with van der Waals surface area (Å²) in [6.07, 6.45) is 0. The maximum Gasteiger partial charge on any atom is 0.244 e. The number of rotatable bonds is 3. The number of nitrogens with zero attached hydrogens (tertiary/aromatic N) is 2. The van der Waals surface area contributed by atoms with Gasteiger partial charge in [-0.2, -0.15) is 0 Å². The number of nitrogens with one attached hydrogen (secondary N) is 1. The van der Waals surface area contributed by atoms with Crippen molar-refractivity contribution in [3.8, 4) is 0 Å². The van der Waals surface area contributed by atoms with Crippen LogP contribution in [0, 0.1) is 0 Å². The largest absolute Gasteiger partial charge is 0.359 e. The lowest BCUT2D eigenvalue weighted by molar-refractivity contribution is 0.125. The highest BCUT2D eigenvalue weighted by Gasteiger charge is 2.40. The van der Waals surface area contributed by atoms with E-state index in [1.54, 1.807) is 24.3 Å². The molecule has 0 saturated carbocycles. The third-order valence-electron chi connectivity index (χ3n) is 4.13. The van der Waals surface area contributed by atoms with Gasteiger partial charge in [-0.3, -0.25) is 0 Å². The Morgan fingerprint density at radius 1 is 0.808 bits per heavy atom. The molecule has 1 unspecified atom stereocenters. The van der Waals surface area contributed by atoms with Gasteiger partial charge in [0.1, 0.15) is 0 Å². The van der Waals surface area contributed by atoms with E-state index >= 15 is 0 Å². The van der Waals surface area contributed by atoms with Crippen molar-refractivity contribution in [2.45, 2.75) is 5.72 Å². The molecule has 4 rings (SSSR count). The van der Waals surface area contributed by atoms with E-state index in [0.29, 0.717) is 22.3 Å². The predicted octanol–water partition coefficient (Wildman–Crippen LogP) is 4.46. The van der Waals surface area contributed by atoms with Crippen LogP contribution in [-0.4, -0.2) is 16.8 Å². The number of anilines is 1. The molecule has 0 aliphatic carbocycles. The molecule has 1 heterocycles. The molecule has 0 spiro atoms. The summed E-state index contributed by atoms with van der Waals surface area (Å²) in [5, 5.41) is 15.2. The maximum atomic E-state index is 11.4. The molecule has 0 radical (unpaired) electrons. The second kappa shape index (κ2) is 6.75. The van der Waals surface area contributed by atoms with Gasteiger partial charge >= 0.3 is 0 Å². The number of aliphatic imine (C=N–C) groups is 2. The van der Waals surface area contributed by atoms with Crippen LogP contribution >= 0.6 is 11.6 Å². The van der Waals surface area contributed by atoms with Gasteiger partial charge in [-0.15, -0.1) is 0 Å². The fourth-order valence-corrected chi connectivity index (χ4v) is 2.91. The van der Waals surface area contributed by atoms with Crippen LogP contribution in [0.4, 0.5) is 5.69 Å². The van der Waals surface area contributed by atoms with Crippen LogP contribution in [0.25, 0.3) is 0 Å². The zero-order valence-corrected chi connectivity index (χ0v) is 14.6. The Bertz CT molecular complexity index is 969. The number of hydrogen-bond acceptors (Lipinski definition) is 4. The summed E-state index contributed by atoms with van der Waals surface area (Å²) < 4.78 is 0. The van der Waals surface area contributed by atoms with Gasteiger partial charge in [-0.1, -0.05) is 72.3 Å². The average molecular weight is 362 g/mol. The minimum absolute atomic E-state index is 0.352. The smallest absolute Gasteiger partial charge is 0.244 e. The number of halogens is 1. The normalized spacial score (nSPS) is 19.0. The first-order valence-corrected chi connectivity index (χ1v) is 8.58. The minimum Gasteiger partial charge on any atom is -0.359 e. The van der Waals surface area contributed by atoms with E-state index < -0.39 is 5.72 Å². The van der Waals surface area contributed by atoms with Gasteiger partial charge < -0.3 is 10.4 Å². The van der Waals surface area contributed by atoms with Crippen molar-refractivity contribution >= 4 is 29.0 Å². The summed E-state index contributed by atoms with van der Waals surface area (Å²) in [5.74, 6) is 0.825. The van der Waals surface area contributed by atoms with Crippen LogP contribution in [0.2, 0.25) is 5.02 Å². The number of amidine groups is 2. The molecule has 2 N–H and O–H groups in total. The molecule has 5 heteroatoms. The maximum absolute atomic E-state index is 11.4. The van der Waals surface area contributed by atoms with Crippen LogP contribution in [0.1, 0.15) is 11.1 Å². The highest BCUT2D eigenvalue weighted by atomic mass is 35.5. The van der Waals surface area contributed by atoms with Gasteiger partial charge in [0, 0.05) is 21.8 Å². The Morgan fingerprint density at radius 3 is 2.08 bits per heavy atom. The lowest BCUT2D eigenvalue weighted by Crippen LogP contribution is -2.36. The SMILES string of the molecule is OC1(c2ccc(Cl)cc2)N=C(c2ccccc2)N=C1Nc1ccccc1. The number of benzene rings is 3. The molecule has 0 fully saturated rings. The Morgan fingerprint density at radius 2 is 1.42 bits per heavy atom.